The van der Waals surface area contributed by atoms with Gasteiger partial charge in [0.1, 0.15) is 5.75 Å². The lowest BCUT2D eigenvalue weighted by Crippen LogP contribution is -2.26. The number of nitrogens with zero attached hydrogens (tertiary/aromatic N) is 1. The molecule has 17 heavy (non-hydrogen) atoms. The molecular formula is C15H19NO. The minimum atomic E-state index is 0.00589. The summed E-state index contributed by atoms with van der Waals surface area (Å²) in [7, 11) is 0. The van der Waals surface area contributed by atoms with E-state index in [0.29, 0.717) is 11.7 Å². The predicted molar refractivity (Wildman–Crippen MR) is 68.1 cm³/mol. The summed E-state index contributed by atoms with van der Waals surface area (Å²) in [6, 6.07) is 7.92. The summed E-state index contributed by atoms with van der Waals surface area (Å²) in [6.45, 7) is 6.45. The molecule has 1 aliphatic carbocycles. The van der Waals surface area contributed by atoms with Gasteiger partial charge >= 0.3 is 0 Å². The lowest BCUT2D eigenvalue weighted by Gasteiger charge is -2.30. The second kappa shape index (κ2) is 4.41. The average Bonchev–Trinajstić information content (AvgIpc) is 2.22. The van der Waals surface area contributed by atoms with Gasteiger partial charge in [0, 0.05) is 5.56 Å². The molecule has 0 spiro atoms. The van der Waals surface area contributed by atoms with Crippen molar-refractivity contribution in [1.29, 1.82) is 5.26 Å². The maximum Gasteiger partial charge on any atom is 0.123 e. The normalized spacial score (nSPS) is 16.1. The van der Waals surface area contributed by atoms with Gasteiger partial charge in [0.05, 0.1) is 17.7 Å². The third-order valence-electron chi connectivity index (χ3n) is 3.26. The molecule has 1 fully saturated rings. The van der Waals surface area contributed by atoms with Crippen molar-refractivity contribution in [2.75, 3.05) is 0 Å². The van der Waals surface area contributed by atoms with Crippen LogP contribution in [0.1, 0.15) is 51.2 Å². The van der Waals surface area contributed by atoms with Crippen LogP contribution in [0, 0.1) is 11.3 Å². The molecule has 90 valence electrons. The van der Waals surface area contributed by atoms with Crippen molar-refractivity contribution in [3.63, 3.8) is 0 Å². The highest BCUT2D eigenvalue weighted by Crippen LogP contribution is 2.35. The van der Waals surface area contributed by atoms with Crippen molar-refractivity contribution < 1.29 is 4.74 Å². The second-order valence-electron chi connectivity index (χ2n) is 5.74. The standard InChI is InChI=1S/C15H19NO/c1-15(2,3)13-9-11(10-16)7-8-14(13)17-12-5-4-6-12/h7-9,12H,4-6H2,1-3H3. The van der Waals surface area contributed by atoms with Crippen LogP contribution in [-0.4, -0.2) is 6.10 Å². The molecule has 2 nitrogen and oxygen atoms in total. The van der Waals surface area contributed by atoms with E-state index < -0.39 is 0 Å². The zero-order valence-electron chi connectivity index (χ0n) is 10.8. The van der Waals surface area contributed by atoms with Crippen LogP contribution >= 0.6 is 0 Å². The number of hydrogen-bond acceptors (Lipinski definition) is 2. The molecular weight excluding hydrogens is 210 g/mol. The Bertz CT molecular complexity index is 447. The third-order valence-corrected chi connectivity index (χ3v) is 3.26. The van der Waals surface area contributed by atoms with E-state index in [2.05, 4.69) is 26.8 Å². The molecule has 1 aliphatic rings. The highest BCUT2D eigenvalue weighted by atomic mass is 16.5. The summed E-state index contributed by atoms with van der Waals surface area (Å²) in [6.07, 6.45) is 3.96. The van der Waals surface area contributed by atoms with E-state index in [1.165, 1.54) is 6.42 Å². The lowest BCUT2D eigenvalue weighted by molar-refractivity contribution is 0.118. The SMILES string of the molecule is CC(C)(C)c1cc(C#N)ccc1OC1CCC1. The Kier molecular flexibility index (Phi) is 3.11. The van der Waals surface area contributed by atoms with Gasteiger partial charge in [0.25, 0.3) is 0 Å². The van der Waals surface area contributed by atoms with Gasteiger partial charge in [0.15, 0.2) is 0 Å². The molecule has 0 aromatic heterocycles. The van der Waals surface area contributed by atoms with E-state index in [1.807, 2.05) is 18.2 Å². The molecule has 0 atom stereocenters. The molecule has 0 aliphatic heterocycles. The highest BCUT2D eigenvalue weighted by molar-refractivity contribution is 5.45. The lowest BCUT2D eigenvalue weighted by atomic mass is 9.85. The molecule has 0 heterocycles. The first kappa shape index (κ1) is 12.0. The third kappa shape index (κ3) is 2.61. The first-order valence-corrected chi connectivity index (χ1v) is 6.22. The largest absolute Gasteiger partial charge is 0.490 e. The zero-order chi connectivity index (χ0) is 12.5. The predicted octanol–water partition coefficient (Wildman–Crippen LogP) is 3.79. The van der Waals surface area contributed by atoms with E-state index in [1.54, 1.807) is 0 Å². The Morgan fingerprint density at radius 1 is 1.29 bits per heavy atom. The van der Waals surface area contributed by atoms with Gasteiger partial charge < -0.3 is 4.74 Å². The van der Waals surface area contributed by atoms with E-state index in [-0.39, 0.29) is 5.41 Å². The summed E-state index contributed by atoms with van der Waals surface area (Å²) < 4.78 is 6.00. The fourth-order valence-electron chi connectivity index (χ4n) is 1.96. The van der Waals surface area contributed by atoms with Crippen molar-refractivity contribution in [3.8, 4) is 11.8 Å². The number of benzene rings is 1. The molecule has 1 saturated carbocycles. The highest BCUT2D eigenvalue weighted by Gasteiger charge is 2.24. The molecule has 0 saturated heterocycles. The van der Waals surface area contributed by atoms with Crippen LogP contribution in [0.25, 0.3) is 0 Å². The Labute approximate surface area is 103 Å². The molecule has 0 amide bonds. The van der Waals surface area contributed by atoms with Crippen LogP contribution in [-0.2, 0) is 5.41 Å². The van der Waals surface area contributed by atoms with Gasteiger partial charge in [-0.3, -0.25) is 0 Å². The van der Waals surface area contributed by atoms with Crippen LogP contribution < -0.4 is 4.74 Å². The molecule has 0 N–H and O–H groups in total. The van der Waals surface area contributed by atoms with Gasteiger partial charge in [0.2, 0.25) is 0 Å². The van der Waals surface area contributed by atoms with Crippen LogP contribution in [0.15, 0.2) is 18.2 Å². The summed E-state index contributed by atoms with van der Waals surface area (Å²) in [4.78, 5) is 0. The maximum absolute atomic E-state index is 8.97. The van der Waals surface area contributed by atoms with E-state index in [0.717, 1.165) is 24.2 Å². The van der Waals surface area contributed by atoms with Crippen molar-refractivity contribution >= 4 is 0 Å². The molecule has 2 rings (SSSR count). The van der Waals surface area contributed by atoms with Crippen molar-refractivity contribution in [3.05, 3.63) is 29.3 Å². The van der Waals surface area contributed by atoms with E-state index >= 15 is 0 Å². The number of nitriles is 1. The molecule has 1 aromatic carbocycles. The summed E-state index contributed by atoms with van der Waals surface area (Å²) in [5.41, 5.74) is 1.84. The first-order chi connectivity index (χ1) is 8.00. The van der Waals surface area contributed by atoms with Crippen LogP contribution in [0.3, 0.4) is 0 Å². The smallest absolute Gasteiger partial charge is 0.123 e. The van der Waals surface area contributed by atoms with E-state index in [4.69, 9.17) is 10.00 Å². The van der Waals surface area contributed by atoms with E-state index in [9.17, 15) is 0 Å². The first-order valence-electron chi connectivity index (χ1n) is 6.22. The summed E-state index contributed by atoms with van der Waals surface area (Å²) in [5, 5.41) is 8.97. The molecule has 2 heteroatoms. The monoisotopic (exact) mass is 229 g/mol. The fraction of sp³-hybridized carbons (Fsp3) is 0.533. The Morgan fingerprint density at radius 3 is 2.47 bits per heavy atom. The van der Waals surface area contributed by atoms with Gasteiger partial charge in [-0.2, -0.15) is 5.26 Å². The molecule has 0 bridgehead atoms. The minimum Gasteiger partial charge on any atom is -0.490 e. The van der Waals surface area contributed by atoms with Crippen molar-refractivity contribution in [2.45, 2.75) is 51.6 Å². The minimum absolute atomic E-state index is 0.00589. The molecule has 0 unspecified atom stereocenters. The number of hydrogen-bond donors (Lipinski definition) is 0. The van der Waals surface area contributed by atoms with Crippen molar-refractivity contribution in [1.82, 2.24) is 0 Å². The Morgan fingerprint density at radius 2 is 2.00 bits per heavy atom. The molecule has 1 aromatic rings. The average molecular weight is 229 g/mol. The molecule has 0 radical (unpaired) electrons. The van der Waals surface area contributed by atoms with Crippen LogP contribution in [0.2, 0.25) is 0 Å². The van der Waals surface area contributed by atoms with Crippen molar-refractivity contribution in [2.24, 2.45) is 0 Å². The summed E-state index contributed by atoms with van der Waals surface area (Å²) in [5.74, 6) is 0.946. The summed E-state index contributed by atoms with van der Waals surface area (Å²) >= 11 is 0. The second-order valence-corrected chi connectivity index (χ2v) is 5.74. The van der Waals surface area contributed by atoms with Gasteiger partial charge in [-0.15, -0.1) is 0 Å². The topological polar surface area (TPSA) is 33.0 Å². The quantitative estimate of drug-likeness (QED) is 0.773. The van der Waals surface area contributed by atoms with Crippen LogP contribution in [0.5, 0.6) is 5.75 Å². The zero-order valence-corrected chi connectivity index (χ0v) is 10.8. The fourth-order valence-corrected chi connectivity index (χ4v) is 1.96. The van der Waals surface area contributed by atoms with Gasteiger partial charge in [-0.05, 0) is 42.9 Å². The van der Waals surface area contributed by atoms with Gasteiger partial charge in [-0.25, -0.2) is 0 Å². The van der Waals surface area contributed by atoms with Crippen LogP contribution in [0.4, 0.5) is 0 Å². The Hall–Kier alpha value is -1.49. The van der Waals surface area contributed by atoms with Gasteiger partial charge in [-0.1, -0.05) is 20.8 Å². The Balaban J connectivity index is 2.33. The number of rotatable bonds is 2. The number of ether oxygens (including phenoxy) is 1. The maximum atomic E-state index is 8.97.